The molecule has 1 N–H and O–H groups in total. The first-order chi connectivity index (χ1) is 20.0. The molecule has 2 aromatic heterocycles. The van der Waals surface area contributed by atoms with E-state index < -0.39 is 46.7 Å². The van der Waals surface area contributed by atoms with Crippen molar-refractivity contribution in [3.8, 4) is 22.9 Å². The normalized spacial score (nSPS) is 16.5. The molecule has 1 aliphatic carbocycles. The topological polar surface area (TPSA) is 99.1 Å². The Balaban J connectivity index is 1.34. The van der Waals surface area contributed by atoms with Gasteiger partial charge in [0.05, 0.1) is 23.8 Å². The first kappa shape index (κ1) is 29.2. The van der Waals surface area contributed by atoms with Gasteiger partial charge in [0.1, 0.15) is 17.1 Å². The van der Waals surface area contributed by atoms with Crippen molar-refractivity contribution in [2.75, 3.05) is 6.61 Å². The predicted molar refractivity (Wildman–Crippen MR) is 142 cm³/mol. The molecule has 2 aromatic carbocycles. The van der Waals surface area contributed by atoms with Gasteiger partial charge in [-0.2, -0.15) is 13.9 Å². The van der Waals surface area contributed by atoms with E-state index in [0.29, 0.717) is 47.6 Å². The van der Waals surface area contributed by atoms with E-state index in [-0.39, 0.29) is 24.3 Å². The fourth-order valence-corrected chi connectivity index (χ4v) is 5.24. The molecule has 13 heteroatoms. The smallest absolute Gasteiger partial charge is 0.314 e. The van der Waals surface area contributed by atoms with E-state index in [1.54, 1.807) is 13.1 Å². The Morgan fingerprint density at radius 1 is 1.05 bits per heavy atom. The highest BCUT2D eigenvalue weighted by Crippen LogP contribution is 2.39. The predicted octanol–water partition coefficient (Wildman–Crippen LogP) is 5.54. The van der Waals surface area contributed by atoms with E-state index in [1.807, 2.05) is 26.0 Å². The molecular weight excluding hydrogens is 563 g/mol. The third kappa shape index (κ3) is 5.23. The number of carbonyl (C=O) groups is 1. The molecule has 1 fully saturated rings. The summed E-state index contributed by atoms with van der Waals surface area (Å²) in [5, 5.41) is 4.45. The van der Waals surface area contributed by atoms with Gasteiger partial charge in [-0.1, -0.05) is 19.4 Å². The Hall–Kier alpha value is -4.29. The number of aromatic amines is 1. The van der Waals surface area contributed by atoms with Crippen molar-refractivity contribution in [3.05, 3.63) is 68.9 Å². The number of carbonyl (C=O) groups excluding carboxylic acids is 1. The zero-order valence-corrected chi connectivity index (χ0v) is 23.0. The minimum absolute atomic E-state index is 0.0197. The molecule has 5 rings (SSSR count). The Morgan fingerprint density at radius 2 is 1.71 bits per heavy atom. The number of halogens is 5. The molecule has 0 amide bonds. The fraction of sp³-hybridized carbons (Fsp3) is 0.379. The summed E-state index contributed by atoms with van der Waals surface area (Å²) < 4.78 is 79.9. The first-order valence-corrected chi connectivity index (χ1v) is 13.5. The maximum absolute atomic E-state index is 13.9. The van der Waals surface area contributed by atoms with Gasteiger partial charge in [0, 0.05) is 7.05 Å². The SMILES string of the molecule is CCCc1nn(C)c2c(=O)[nH]c(-c3cc(CC4CC(C(=O)Oc5c(F)c(F)c(F)c(F)c5F)C4)ccc3OCC)nc12. The highest BCUT2D eigenvalue weighted by Gasteiger charge is 2.38. The van der Waals surface area contributed by atoms with Gasteiger partial charge >= 0.3 is 5.97 Å². The Kier molecular flexibility index (Phi) is 8.02. The molecule has 0 unspecified atom stereocenters. The molecule has 0 saturated heterocycles. The lowest BCUT2D eigenvalue weighted by Gasteiger charge is -2.33. The third-order valence-electron chi connectivity index (χ3n) is 7.31. The van der Waals surface area contributed by atoms with Gasteiger partial charge in [-0.05, 0) is 56.2 Å². The van der Waals surface area contributed by atoms with Gasteiger partial charge in [0.2, 0.25) is 34.8 Å². The molecule has 0 radical (unpaired) electrons. The van der Waals surface area contributed by atoms with Crippen LogP contribution in [-0.4, -0.2) is 32.3 Å². The van der Waals surface area contributed by atoms with E-state index in [2.05, 4.69) is 14.8 Å². The number of fused-ring (bicyclic) bond motifs is 1. The molecular formula is C29H27F5N4O4. The molecule has 8 nitrogen and oxygen atoms in total. The average Bonchev–Trinajstić information content (AvgIpc) is 3.26. The second-order valence-electron chi connectivity index (χ2n) is 10.3. The largest absolute Gasteiger partial charge is 0.493 e. The molecule has 0 spiro atoms. The van der Waals surface area contributed by atoms with Crippen molar-refractivity contribution in [1.82, 2.24) is 19.7 Å². The van der Waals surface area contributed by atoms with Crippen molar-refractivity contribution < 1.29 is 36.2 Å². The van der Waals surface area contributed by atoms with Gasteiger partial charge in [0.25, 0.3) is 5.56 Å². The maximum atomic E-state index is 13.9. The van der Waals surface area contributed by atoms with Crippen molar-refractivity contribution in [3.63, 3.8) is 0 Å². The number of H-pyrrole nitrogens is 1. The zero-order chi connectivity index (χ0) is 30.3. The quantitative estimate of drug-likeness (QED) is 0.0903. The summed E-state index contributed by atoms with van der Waals surface area (Å²) in [5.41, 5.74) is 2.69. The number of rotatable bonds is 9. The molecule has 0 atom stereocenters. The maximum Gasteiger partial charge on any atom is 0.314 e. The highest BCUT2D eigenvalue weighted by molar-refractivity contribution is 5.80. The molecule has 2 heterocycles. The number of esters is 1. The van der Waals surface area contributed by atoms with Crippen LogP contribution in [0.2, 0.25) is 0 Å². The molecule has 0 bridgehead atoms. The van der Waals surface area contributed by atoms with Gasteiger partial charge < -0.3 is 14.5 Å². The summed E-state index contributed by atoms with van der Waals surface area (Å²) in [4.78, 5) is 33.0. The molecule has 0 aliphatic heterocycles. The van der Waals surface area contributed by atoms with Crippen LogP contribution in [0, 0.1) is 40.9 Å². The summed E-state index contributed by atoms with van der Waals surface area (Å²) in [7, 11) is 1.69. The van der Waals surface area contributed by atoms with Crippen LogP contribution in [0.4, 0.5) is 22.0 Å². The number of ether oxygens (including phenoxy) is 2. The monoisotopic (exact) mass is 590 g/mol. The number of hydrogen-bond acceptors (Lipinski definition) is 6. The zero-order valence-electron chi connectivity index (χ0n) is 23.0. The highest BCUT2D eigenvalue weighted by atomic mass is 19.2. The van der Waals surface area contributed by atoms with Gasteiger partial charge in [-0.25, -0.2) is 18.2 Å². The molecule has 4 aromatic rings. The number of benzene rings is 2. The lowest BCUT2D eigenvalue weighted by Crippen LogP contribution is -2.34. The van der Waals surface area contributed by atoms with Crippen LogP contribution >= 0.6 is 0 Å². The van der Waals surface area contributed by atoms with Crippen LogP contribution in [0.1, 0.15) is 44.4 Å². The molecule has 1 aliphatic rings. The summed E-state index contributed by atoms with van der Waals surface area (Å²) in [6, 6.07) is 5.45. The fourth-order valence-electron chi connectivity index (χ4n) is 5.24. The standard InChI is InChI=1S/C29H27F5N4O4/c1-4-6-17-24-25(38(3)37-17)28(39)36-27(35-24)16-12-13(7-8-18(16)41-5-2)9-14-10-15(11-14)29(40)42-26-22(33)20(31)19(30)21(32)23(26)34/h7-8,12,14-15H,4-6,9-11H2,1-3H3,(H,35,36,39). The summed E-state index contributed by atoms with van der Waals surface area (Å²) in [6.45, 7) is 4.22. The Labute approximate surface area is 236 Å². The second-order valence-corrected chi connectivity index (χ2v) is 10.3. The Morgan fingerprint density at radius 3 is 2.36 bits per heavy atom. The van der Waals surface area contributed by atoms with Crippen LogP contribution in [0.5, 0.6) is 11.5 Å². The summed E-state index contributed by atoms with van der Waals surface area (Å²) in [5.74, 6) is -13.7. The van der Waals surface area contributed by atoms with E-state index in [9.17, 15) is 31.5 Å². The lowest BCUT2D eigenvalue weighted by atomic mass is 9.72. The van der Waals surface area contributed by atoms with E-state index in [1.165, 1.54) is 4.68 Å². The van der Waals surface area contributed by atoms with Crippen LogP contribution in [-0.2, 0) is 24.7 Å². The molecule has 42 heavy (non-hydrogen) atoms. The molecule has 222 valence electrons. The summed E-state index contributed by atoms with van der Waals surface area (Å²) >= 11 is 0. The van der Waals surface area contributed by atoms with Crippen molar-refractivity contribution in [1.29, 1.82) is 0 Å². The van der Waals surface area contributed by atoms with Crippen LogP contribution in [0.3, 0.4) is 0 Å². The number of nitrogens with zero attached hydrogens (tertiary/aromatic N) is 3. The third-order valence-corrected chi connectivity index (χ3v) is 7.31. The number of aromatic nitrogens is 4. The average molecular weight is 591 g/mol. The van der Waals surface area contributed by atoms with Crippen molar-refractivity contribution >= 4 is 17.0 Å². The van der Waals surface area contributed by atoms with Crippen molar-refractivity contribution in [2.24, 2.45) is 18.9 Å². The Bertz CT molecular complexity index is 1720. The number of nitrogens with one attached hydrogen (secondary N) is 1. The second kappa shape index (κ2) is 11.5. The first-order valence-electron chi connectivity index (χ1n) is 13.5. The minimum Gasteiger partial charge on any atom is -0.493 e. The van der Waals surface area contributed by atoms with E-state index in [0.717, 1.165) is 17.7 Å². The van der Waals surface area contributed by atoms with Gasteiger partial charge in [-0.3, -0.25) is 14.3 Å². The number of aryl methyl sites for hydroxylation is 2. The summed E-state index contributed by atoms with van der Waals surface area (Å²) in [6.07, 6.45) is 2.56. The van der Waals surface area contributed by atoms with Crippen LogP contribution < -0.4 is 15.0 Å². The van der Waals surface area contributed by atoms with Crippen molar-refractivity contribution in [2.45, 2.75) is 46.0 Å². The van der Waals surface area contributed by atoms with Gasteiger partial charge in [0.15, 0.2) is 5.52 Å². The van der Waals surface area contributed by atoms with Crippen LogP contribution in [0.15, 0.2) is 23.0 Å². The van der Waals surface area contributed by atoms with E-state index >= 15 is 0 Å². The number of hydrogen-bond donors (Lipinski definition) is 1. The minimum atomic E-state index is -2.33. The van der Waals surface area contributed by atoms with Gasteiger partial charge in [-0.15, -0.1) is 0 Å². The molecule has 1 saturated carbocycles. The van der Waals surface area contributed by atoms with E-state index in [4.69, 9.17) is 9.72 Å². The van der Waals surface area contributed by atoms with Crippen LogP contribution in [0.25, 0.3) is 22.4 Å². The lowest BCUT2D eigenvalue weighted by molar-refractivity contribution is -0.144.